The van der Waals surface area contributed by atoms with Crippen molar-refractivity contribution in [1.29, 1.82) is 0 Å². The van der Waals surface area contributed by atoms with Crippen molar-refractivity contribution in [3.05, 3.63) is 60.1 Å². The summed E-state index contributed by atoms with van der Waals surface area (Å²) in [5, 5.41) is 16.8. The maximum atomic E-state index is 15.2. The number of methoxy groups -OCH3 is 1. The first kappa shape index (κ1) is 31.6. The van der Waals surface area contributed by atoms with E-state index >= 15 is 4.39 Å². The highest BCUT2D eigenvalue weighted by atomic mass is 19.2. The van der Waals surface area contributed by atoms with Crippen LogP contribution in [0.2, 0.25) is 0 Å². The number of ether oxygens (including phenoxy) is 2. The number of nitrogens with zero attached hydrogens (tertiary/aromatic N) is 5. The van der Waals surface area contributed by atoms with Gasteiger partial charge in [-0.2, -0.15) is 5.10 Å². The molecule has 43 heavy (non-hydrogen) atoms. The lowest BCUT2D eigenvalue weighted by Gasteiger charge is -2.29. The molecule has 0 atom stereocenters. The third kappa shape index (κ3) is 7.93. The van der Waals surface area contributed by atoms with E-state index in [1.54, 1.807) is 12.1 Å². The van der Waals surface area contributed by atoms with Gasteiger partial charge in [0.25, 0.3) is 0 Å². The normalized spacial score (nSPS) is 11.7. The first-order valence-corrected chi connectivity index (χ1v) is 13.9. The number of carbonyl (C=O) groups excluding carboxylic acids is 1. The zero-order chi connectivity index (χ0) is 31.1. The van der Waals surface area contributed by atoms with Crippen molar-refractivity contribution in [2.75, 3.05) is 44.9 Å². The predicted octanol–water partition coefficient (Wildman–Crippen LogP) is 4.25. The molecule has 0 saturated carbocycles. The van der Waals surface area contributed by atoms with Gasteiger partial charge in [-0.15, -0.1) is 0 Å². The van der Waals surface area contributed by atoms with Crippen LogP contribution < -0.4 is 20.1 Å². The van der Waals surface area contributed by atoms with E-state index in [1.165, 1.54) is 36.5 Å². The maximum Gasteiger partial charge on any atom is 0.223 e. The molecule has 0 radical (unpaired) electrons. The van der Waals surface area contributed by atoms with Crippen LogP contribution in [0.3, 0.4) is 0 Å². The molecule has 13 heteroatoms. The van der Waals surface area contributed by atoms with Crippen LogP contribution >= 0.6 is 0 Å². The number of halogens is 2. The number of aliphatic hydroxyl groups excluding tert-OH is 1. The van der Waals surface area contributed by atoms with E-state index in [0.29, 0.717) is 47.7 Å². The molecule has 2 aromatic carbocycles. The Morgan fingerprint density at radius 2 is 1.91 bits per heavy atom. The standard InChI is InChI=1S/C30H37F2N7O4/c1-30(2,3)17-38(10-11-40)9-6-12-43-25-16-22-20(15-24(25)42-4)29(35-18-34-22)39(23-8-5-7-21(31)28(23)32)27-14-19(36-37-27)13-26(33)41/h5,7-8,14-16,18,40H,6,9-13,17H2,1-4H3,(H2,33,41)(H,36,37). The van der Waals surface area contributed by atoms with Gasteiger partial charge in [0.1, 0.15) is 12.1 Å². The van der Waals surface area contributed by atoms with Crippen molar-refractivity contribution in [1.82, 2.24) is 25.1 Å². The second-order valence-electron chi connectivity index (χ2n) is 11.3. The lowest BCUT2D eigenvalue weighted by Crippen LogP contribution is -2.36. The fraction of sp³-hybridized carbons (Fsp3) is 0.400. The first-order chi connectivity index (χ1) is 20.5. The summed E-state index contributed by atoms with van der Waals surface area (Å²) < 4.78 is 41.3. The predicted molar refractivity (Wildman–Crippen MR) is 159 cm³/mol. The molecule has 4 N–H and O–H groups in total. The third-order valence-electron chi connectivity index (χ3n) is 6.49. The molecule has 230 valence electrons. The Morgan fingerprint density at radius 1 is 1.12 bits per heavy atom. The van der Waals surface area contributed by atoms with E-state index in [9.17, 15) is 14.3 Å². The molecule has 2 heterocycles. The molecule has 1 amide bonds. The van der Waals surface area contributed by atoms with Crippen LogP contribution in [0.25, 0.3) is 10.9 Å². The number of anilines is 3. The zero-order valence-corrected chi connectivity index (χ0v) is 24.7. The number of aliphatic hydroxyl groups is 1. The number of nitrogens with one attached hydrogen (secondary N) is 1. The van der Waals surface area contributed by atoms with Crippen molar-refractivity contribution >= 4 is 34.1 Å². The minimum absolute atomic E-state index is 0.0821. The summed E-state index contributed by atoms with van der Waals surface area (Å²) in [7, 11) is 1.50. The highest BCUT2D eigenvalue weighted by Crippen LogP contribution is 2.41. The van der Waals surface area contributed by atoms with E-state index in [0.717, 1.165) is 19.2 Å². The quantitative estimate of drug-likeness (QED) is 0.182. The van der Waals surface area contributed by atoms with Crippen molar-refractivity contribution in [2.45, 2.75) is 33.6 Å². The van der Waals surface area contributed by atoms with E-state index in [1.807, 2.05) is 0 Å². The van der Waals surface area contributed by atoms with E-state index < -0.39 is 17.5 Å². The molecule has 0 unspecified atom stereocenters. The van der Waals surface area contributed by atoms with Gasteiger partial charge in [0, 0.05) is 42.8 Å². The second kappa shape index (κ2) is 13.7. The van der Waals surface area contributed by atoms with Crippen molar-refractivity contribution in [2.24, 2.45) is 11.1 Å². The SMILES string of the molecule is COc1cc2c(N(c3cc(CC(N)=O)[nH]n3)c3cccc(F)c3F)ncnc2cc1OCCCN(CCO)CC(C)(C)C. The number of hydrogen-bond acceptors (Lipinski definition) is 9. The monoisotopic (exact) mass is 597 g/mol. The van der Waals surface area contributed by atoms with Gasteiger partial charge in [-0.3, -0.25) is 14.8 Å². The average molecular weight is 598 g/mol. The molecule has 0 aliphatic rings. The van der Waals surface area contributed by atoms with Crippen LogP contribution in [0.5, 0.6) is 11.5 Å². The Morgan fingerprint density at radius 3 is 2.60 bits per heavy atom. The van der Waals surface area contributed by atoms with E-state index in [2.05, 4.69) is 45.8 Å². The van der Waals surface area contributed by atoms with Crippen LogP contribution in [-0.4, -0.2) is 76.0 Å². The van der Waals surface area contributed by atoms with Crippen molar-refractivity contribution in [3.8, 4) is 11.5 Å². The number of hydrogen-bond donors (Lipinski definition) is 3. The Kier molecular flexibility index (Phi) is 10.1. The molecule has 4 aromatic rings. The fourth-order valence-corrected chi connectivity index (χ4v) is 4.81. The number of amides is 1. The molecular formula is C30H37F2N7O4. The second-order valence-corrected chi connectivity index (χ2v) is 11.3. The molecule has 0 saturated heterocycles. The Bertz CT molecular complexity index is 1560. The minimum Gasteiger partial charge on any atom is -0.493 e. The topological polar surface area (TPSA) is 143 Å². The summed E-state index contributed by atoms with van der Waals surface area (Å²) in [4.78, 5) is 23.8. The lowest BCUT2D eigenvalue weighted by molar-refractivity contribution is -0.117. The molecule has 4 rings (SSSR count). The van der Waals surface area contributed by atoms with Gasteiger partial charge in [-0.1, -0.05) is 26.8 Å². The third-order valence-corrected chi connectivity index (χ3v) is 6.49. The van der Waals surface area contributed by atoms with Crippen molar-refractivity contribution < 1.29 is 28.2 Å². The number of benzene rings is 2. The summed E-state index contributed by atoms with van der Waals surface area (Å²) >= 11 is 0. The number of rotatable bonds is 14. The summed E-state index contributed by atoms with van der Waals surface area (Å²) in [5.41, 5.74) is 6.11. The molecule has 0 fully saturated rings. The smallest absolute Gasteiger partial charge is 0.223 e. The molecule has 2 aromatic heterocycles. The summed E-state index contributed by atoms with van der Waals surface area (Å²) in [6, 6.07) is 8.65. The molecule has 0 spiro atoms. The summed E-state index contributed by atoms with van der Waals surface area (Å²) in [5.74, 6) is -1.55. The number of nitrogens with two attached hydrogens (primary N) is 1. The maximum absolute atomic E-state index is 15.2. The summed E-state index contributed by atoms with van der Waals surface area (Å²) in [6.07, 6.45) is 1.89. The number of primary amides is 1. The number of aromatic nitrogens is 4. The van der Waals surface area contributed by atoms with Gasteiger partial charge >= 0.3 is 0 Å². The number of fused-ring (bicyclic) bond motifs is 1. The van der Waals surface area contributed by atoms with Gasteiger partial charge in [0.2, 0.25) is 5.91 Å². The average Bonchev–Trinajstić information content (AvgIpc) is 3.39. The molecule has 11 nitrogen and oxygen atoms in total. The van der Waals surface area contributed by atoms with Crippen LogP contribution in [0.15, 0.2) is 42.7 Å². The highest BCUT2D eigenvalue weighted by Gasteiger charge is 2.25. The van der Waals surface area contributed by atoms with Gasteiger partial charge in [0.05, 0.1) is 37.9 Å². The molecule has 0 aliphatic carbocycles. The molecule has 0 bridgehead atoms. The number of carbonyl (C=O) groups is 1. The van der Waals surface area contributed by atoms with E-state index in [-0.39, 0.29) is 35.8 Å². The Hall–Kier alpha value is -4.36. The van der Waals surface area contributed by atoms with E-state index in [4.69, 9.17) is 15.2 Å². The van der Waals surface area contributed by atoms with Gasteiger partial charge in [0.15, 0.2) is 29.0 Å². The first-order valence-electron chi connectivity index (χ1n) is 13.9. The number of aromatic amines is 1. The highest BCUT2D eigenvalue weighted by molar-refractivity contribution is 5.96. The van der Waals surface area contributed by atoms with Gasteiger partial charge < -0.3 is 25.2 Å². The molecular weight excluding hydrogens is 560 g/mol. The lowest BCUT2D eigenvalue weighted by atomic mass is 9.96. The van der Waals surface area contributed by atoms with Crippen molar-refractivity contribution in [3.63, 3.8) is 0 Å². The van der Waals surface area contributed by atoms with Gasteiger partial charge in [-0.05, 0) is 30.0 Å². The van der Waals surface area contributed by atoms with Gasteiger partial charge in [-0.25, -0.2) is 18.7 Å². The zero-order valence-electron chi connectivity index (χ0n) is 24.7. The number of H-pyrrole nitrogens is 1. The Labute approximate surface area is 248 Å². The van der Waals surface area contributed by atoms with Crippen LogP contribution in [0.4, 0.5) is 26.1 Å². The summed E-state index contributed by atoms with van der Waals surface area (Å²) in [6.45, 7) is 9.10. The largest absolute Gasteiger partial charge is 0.493 e. The van der Waals surface area contributed by atoms with Crippen LogP contribution in [0.1, 0.15) is 32.9 Å². The van der Waals surface area contributed by atoms with Crippen LogP contribution in [-0.2, 0) is 11.2 Å². The fourth-order valence-electron chi connectivity index (χ4n) is 4.81. The van der Waals surface area contributed by atoms with Crippen LogP contribution in [0, 0.1) is 17.0 Å². The minimum atomic E-state index is -1.11. The molecule has 0 aliphatic heterocycles. The Balaban J connectivity index is 1.68.